The minimum Gasteiger partial charge on any atom is -0.632 e. The molecule has 0 aromatic rings. The molecule has 1 heterocycles. The predicted octanol–water partition coefficient (Wildman–Crippen LogP) is 3.15. The van der Waals surface area contributed by atoms with E-state index in [1.54, 1.807) is 0 Å². The smallest absolute Gasteiger partial charge is 0.113 e. The molecule has 0 saturated carbocycles. The van der Waals surface area contributed by atoms with E-state index in [0.29, 0.717) is 13.1 Å². The third-order valence-electron chi connectivity index (χ3n) is 3.79. The van der Waals surface area contributed by atoms with Crippen molar-refractivity contribution in [2.75, 3.05) is 19.7 Å². The van der Waals surface area contributed by atoms with Gasteiger partial charge < -0.3 is 15.0 Å². The lowest BCUT2D eigenvalue weighted by atomic mass is 10.1. The Morgan fingerprint density at radius 1 is 1.33 bits per heavy atom. The summed E-state index contributed by atoms with van der Waals surface area (Å²) in [6.45, 7) is 7.50. The van der Waals surface area contributed by atoms with E-state index in [-0.39, 0.29) is 17.3 Å². The lowest BCUT2D eigenvalue weighted by Crippen LogP contribution is -2.48. The second-order valence-electron chi connectivity index (χ2n) is 5.71. The lowest BCUT2D eigenvalue weighted by Gasteiger charge is -2.43. The summed E-state index contributed by atoms with van der Waals surface area (Å²) in [6, 6.07) is -0.105. The van der Waals surface area contributed by atoms with E-state index in [1.165, 1.54) is 11.1 Å². The van der Waals surface area contributed by atoms with E-state index in [4.69, 9.17) is 0 Å². The van der Waals surface area contributed by atoms with E-state index in [9.17, 15) is 10.3 Å². The van der Waals surface area contributed by atoms with Gasteiger partial charge in [0.05, 0.1) is 19.7 Å². The zero-order valence-corrected chi connectivity index (χ0v) is 12.0. The molecular weight excluding hydrogens is 226 g/mol. The molecule has 0 bridgehead atoms. The van der Waals surface area contributed by atoms with E-state index >= 15 is 0 Å². The fraction of sp³-hybridized carbons (Fsp3) is 0.733. The molecule has 1 aliphatic heterocycles. The summed E-state index contributed by atoms with van der Waals surface area (Å²) in [5.41, 5.74) is 2.62. The highest BCUT2D eigenvalue weighted by atomic mass is 16.6. The van der Waals surface area contributed by atoms with E-state index in [2.05, 4.69) is 32.9 Å². The molecule has 0 aromatic heterocycles. The first kappa shape index (κ1) is 15.4. The van der Waals surface area contributed by atoms with Gasteiger partial charge in [-0.1, -0.05) is 17.2 Å². The van der Waals surface area contributed by atoms with Crippen LogP contribution in [0, 0.1) is 5.21 Å². The number of nitrogens with zero attached hydrogens (tertiary/aromatic N) is 1. The Kier molecular flexibility index (Phi) is 6.06. The van der Waals surface area contributed by atoms with Crippen LogP contribution in [-0.4, -0.2) is 35.5 Å². The van der Waals surface area contributed by atoms with Crippen LogP contribution in [0.4, 0.5) is 0 Å². The van der Waals surface area contributed by atoms with Gasteiger partial charge in [-0.05, 0) is 39.7 Å². The third-order valence-corrected chi connectivity index (χ3v) is 3.79. The summed E-state index contributed by atoms with van der Waals surface area (Å²) in [5, 5.41) is 21.7. The predicted molar refractivity (Wildman–Crippen MR) is 75.9 cm³/mol. The Morgan fingerprint density at radius 3 is 2.67 bits per heavy atom. The highest BCUT2D eigenvalue weighted by Gasteiger charge is 2.32. The first-order valence-electron chi connectivity index (χ1n) is 6.95. The zero-order chi connectivity index (χ0) is 13.6. The number of aliphatic hydroxyl groups is 1. The number of rotatable bonds is 6. The van der Waals surface area contributed by atoms with Crippen LogP contribution in [0.2, 0.25) is 0 Å². The van der Waals surface area contributed by atoms with Crippen LogP contribution in [0.1, 0.15) is 46.5 Å². The number of likely N-dealkylation sites (tertiary alicyclic amines) is 1. The van der Waals surface area contributed by atoms with Crippen molar-refractivity contribution in [3.8, 4) is 0 Å². The minimum absolute atomic E-state index is 0.0220. The number of allylic oxidation sites excluding steroid dienone is 3. The van der Waals surface area contributed by atoms with Crippen molar-refractivity contribution in [3.63, 3.8) is 0 Å². The number of hydrogen-bond donors (Lipinski definition) is 1. The number of hydrogen-bond acceptors (Lipinski definition) is 2. The molecule has 0 amide bonds. The summed E-state index contributed by atoms with van der Waals surface area (Å²) in [6.07, 6.45) is 8.18. The van der Waals surface area contributed by atoms with Gasteiger partial charge in [0.15, 0.2) is 0 Å². The van der Waals surface area contributed by atoms with Crippen LogP contribution in [0.25, 0.3) is 0 Å². The Hall–Kier alpha value is -0.640. The van der Waals surface area contributed by atoms with Gasteiger partial charge in [-0.15, -0.1) is 0 Å². The maximum Gasteiger partial charge on any atom is 0.113 e. The molecule has 0 aliphatic carbocycles. The number of quaternary nitrogens is 1. The van der Waals surface area contributed by atoms with Crippen LogP contribution in [-0.2, 0) is 0 Å². The van der Waals surface area contributed by atoms with Gasteiger partial charge in [0.2, 0.25) is 0 Å². The molecule has 2 atom stereocenters. The van der Waals surface area contributed by atoms with E-state index in [0.717, 1.165) is 25.7 Å². The van der Waals surface area contributed by atoms with Gasteiger partial charge in [-0.3, -0.25) is 0 Å². The summed E-state index contributed by atoms with van der Waals surface area (Å²) in [7, 11) is 0. The summed E-state index contributed by atoms with van der Waals surface area (Å²) >= 11 is 0. The fourth-order valence-corrected chi connectivity index (χ4v) is 2.49. The fourth-order valence-electron chi connectivity index (χ4n) is 2.49. The number of hydroxylamine groups is 3. The van der Waals surface area contributed by atoms with Gasteiger partial charge in [0, 0.05) is 12.8 Å². The molecule has 1 N–H and O–H groups in total. The van der Waals surface area contributed by atoms with Gasteiger partial charge in [0.1, 0.15) is 6.04 Å². The molecule has 18 heavy (non-hydrogen) atoms. The first-order chi connectivity index (χ1) is 8.48. The topological polar surface area (TPSA) is 43.3 Å². The van der Waals surface area contributed by atoms with Crippen molar-refractivity contribution in [2.45, 2.75) is 52.5 Å². The third kappa shape index (κ3) is 4.56. The first-order valence-corrected chi connectivity index (χ1v) is 6.95. The number of aliphatic hydroxyl groups excluding tert-OH is 1. The molecule has 0 aromatic carbocycles. The highest BCUT2D eigenvalue weighted by Crippen LogP contribution is 2.25. The SMILES string of the molecule is CC(C)=CCC/C(C)=C/C[N+]1([O-])CCC[C@H]1CO. The highest BCUT2D eigenvalue weighted by molar-refractivity contribution is 5.02. The molecule has 3 heteroatoms. The van der Waals surface area contributed by atoms with Crippen molar-refractivity contribution in [1.82, 2.24) is 0 Å². The van der Waals surface area contributed by atoms with Crippen molar-refractivity contribution in [3.05, 3.63) is 28.5 Å². The summed E-state index contributed by atoms with van der Waals surface area (Å²) in [5.74, 6) is 0. The Morgan fingerprint density at radius 2 is 2.06 bits per heavy atom. The maximum absolute atomic E-state index is 12.5. The molecule has 0 radical (unpaired) electrons. The van der Waals surface area contributed by atoms with Crippen LogP contribution in [0.15, 0.2) is 23.3 Å². The van der Waals surface area contributed by atoms with Crippen molar-refractivity contribution in [1.29, 1.82) is 0 Å². The minimum atomic E-state index is -0.226. The Bertz CT molecular complexity index is 318. The summed E-state index contributed by atoms with van der Waals surface area (Å²) in [4.78, 5) is 0. The van der Waals surface area contributed by atoms with Crippen LogP contribution in [0.3, 0.4) is 0 Å². The van der Waals surface area contributed by atoms with E-state index < -0.39 is 0 Å². The van der Waals surface area contributed by atoms with Crippen LogP contribution >= 0.6 is 0 Å². The van der Waals surface area contributed by atoms with Gasteiger partial charge >= 0.3 is 0 Å². The average molecular weight is 253 g/mol. The molecule has 1 aliphatic rings. The quantitative estimate of drug-likeness (QED) is 0.449. The average Bonchev–Trinajstić information content (AvgIpc) is 2.68. The molecular formula is C15H27NO2. The standard InChI is InChI=1S/C15H27NO2/c1-13(2)6-4-7-14(3)9-11-16(18)10-5-8-15(16)12-17/h6,9,15,17H,4-5,7-8,10-12H2,1-3H3/b14-9+/t15-,16?/m0/s1. The van der Waals surface area contributed by atoms with Crippen LogP contribution < -0.4 is 0 Å². The molecule has 104 valence electrons. The maximum atomic E-state index is 12.5. The second kappa shape index (κ2) is 7.07. The molecule has 1 unspecified atom stereocenters. The normalized spacial score (nSPS) is 28.5. The Labute approximate surface area is 111 Å². The van der Waals surface area contributed by atoms with E-state index in [1.807, 2.05) is 0 Å². The molecule has 3 nitrogen and oxygen atoms in total. The van der Waals surface area contributed by atoms with Crippen LogP contribution in [0.5, 0.6) is 0 Å². The molecule has 1 rings (SSSR count). The summed E-state index contributed by atoms with van der Waals surface area (Å²) < 4.78 is -0.226. The van der Waals surface area contributed by atoms with Crippen molar-refractivity contribution >= 4 is 0 Å². The van der Waals surface area contributed by atoms with Crippen molar-refractivity contribution in [2.24, 2.45) is 0 Å². The van der Waals surface area contributed by atoms with Gasteiger partial charge in [-0.2, -0.15) is 0 Å². The largest absolute Gasteiger partial charge is 0.632 e. The van der Waals surface area contributed by atoms with Gasteiger partial charge in [0.25, 0.3) is 0 Å². The second-order valence-corrected chi connectivity index (χ2v) is 5.71. The zero-order valence-electron chi connectivity index (χ0n) is 12.0. The molecule has 1 fully saturated rings. The van der Waals surface area contributed by atoms with Crippen molar-refractivity contribution < 1.29 is 9.75 Å². The monoisotopic (exact) mass is 253 g/mol. The lowest BCUT2D eigenvalue weighted by molar-refractivity contribution is -0.887. The van der Waals surface area contributed by atoms with Gasteiger partial charge in [-0.25, -0.2) is 0 Å². The molecule has 1 saturated heterocycles. The molecule has 0 spiro atoms. The Balaban J connectivity index is 2.44.